The summed E-state index contributed by atoms with van der Waals surface area (Å²) in [6, 6.07) is 0. The van der Waals surface area contributed by atoms with Gasteiger partial charge in [0, 0.05) is 11.8 Å². The van der Waals surface area contributed by atoms with E-state index >= 15 is 0 Å². The highest BCUT2D eigenvalue weighted by atomic mass is 16.4. The zero-order valence-electron chi connectivity index (χ0n) is 24.8. The van der Waals surface area contributed by atoms with Gasteiger partial charge < -0.3 is 10.8 Å². The zero-order valence-corrected chi connectivity index (χ0v) is 24.8. The monoisotopic (exact) mass is 509 g/mol. The van der Waals surface area contributed by atoms with Crippen LogP contribution in [0, 0.1) is 5.41 Å². The van der Waals surface area contributed by atoms with Crippen molar-refractivity contribution in [3.8, 4) is 0 Å². The number of primary amides is 1. The van der Waals surface area contributed by atoms with Gasteiger partial charge in [0.15, 0.2) is 0 Å². The van der Waals surface area contributed by atoms with Gasteiger partial charge in [-0.3, -0.25) is 9.59 Å². The third-order valence-electron chi connectivity index (χ3n) is 6.97. The Morgan fingerprint density at radius 2 is 0.972 bits per heavy atom. The molecule has 3 N–H and O–H groups in total. The summed E-state index contributed by atoms with van der Waals surface area (Å²) in [5, 5.41) is 8.51. The molecule has 36 heavy (non-hydrogen) atoms. The molecule has 4 heteroatoms. The molecule has 0 aliphatic carbocycles. The van der Waals surface area contributed by atoms with Gasteiger partial charge in [-0.25, -0.2) is 0 Å². The molecule has 0 radical (unpaired) electrons. The molecule has 0 aliphatic heterocycles. The van der Waals surface area contributed by atoms with Gasteiger partial charge in [-0.15, -0.1) is 0 Å². The van der Waals surface area contributed by atoms with E-state index in [4.69, 9.17) is 10.8 Å². The maximum absolute atomic E-state index is 11.1. The van der Waals surface area contributed by atoms with Crippen molar-refractivity contribution in [1.29, 1.82) is 0 Å². The maximum Gasteiger partial charge on any atom is 0.303 e. The lowest BCUT2D eigenvalue weighted by Crippen LogP contribution is -2.31. The third kappa shape index (κ3) is 30.7. The molecule has 0 unspecified atom stereocenters. The Labute approximate surface area is 225 Å². The van der Waals surface area contributed by atoms with Crippen molar-refractivity contribution < 1.29 is 14.7 Å². The Morgan fingerprint density at radius 1 is 0.611 bits per heavy atom. The van der Waals surface area contributed by atoms with Crippen molar-refractivity contribution >= 4 is 11.9 Å². The number of allylic oxidation sites excluding steroid dienone is 2. The van der Waals surface area contributed by atoms with Crippen LogP contribution in [-0.4, -0.2) is 17.0 Å². The van der Waals surface area contributed by atoms with Crippen molar-refractivity contribution in [3.63, 3.8) is 0 Å². The second kappa shape index (κ2) is 28.3. The highest BCUT2D eigenvalue weighted by molar-refractivity contribution is 5.79. The minimum absolute atomic E-state index is 0.171. The molecule has 0 spiro atoms. The van der Waals surface area contributed by atoms with Crippen LogP contribution >= 0.6 is 0 Å². The van der Waals surface area contributed by atoms with Crippen molar-refractivity contribution in [2.75, 3.05) is 0 Å². The molecule has 0 aromatic heterocycles. The Morgan fingerprint density at radius 3 is 1.36 bits per heavy atom. The molecule has 0 saturated heterocycles. The molecule has 0 aromatic carbocycles. The molecular weight excluding hydrogens is 446 g/mol. The lowest BCUT2D eigenvalue weighted by Gasteiger charge is -2.19. The number of aliphatic carboxylic acids is 1. The average Bonchev–Trinajstić information content (AvgIpc) is 2.83. The number of carbonyl (C=O) groups excluding carboxylic acids is 1. The highest BCUT2D eigenvalue weighted by Gasteiger charge is 2.23. The number of carboxylic acid groups (broad SMARTS) is 1. The molecule has 0 bridgehead atoms. The molecule has 1 amide bonds. The molecule has 4 nitrogen and oxygen atoms in total. The minimum atomic E-state index is -0.664. The van der Waals surface area contributed by atoms with Crippen LogP contribution in [0.15, 0.2) is 12.2 Å². The predicted octanol–water partition coefficient (Wildman–Crippen LogP) is 10.1. The predicted molar refractivity (Wildman–Crippen MR) is 157 cm³/mol. The summed E-state index contributed by atoms with van der Waals surface area (Å²) in [6.07, 6.45) is 32.6. The summed E-state index contributed by atoms with van der Waals surface area (Å²) in [4.78, 5) is 21.4. The normalized spacial score (nSPS) is 11.4. The van der Waals surface area contributed by atoms with E-state index in [9.17, 15) is 9.59 Å². The second-order valence-electron chi connectivity index (χ2n) is 11.2. The smallest absolute Gasteiger partial charge is 0.303 e. The van der Waals surface area contributed by atoms with Gasteiger partial charge in [-0.2, -0.15) is 0 Å². The van der Waals surface area contributed by atoms with Crippen LogP contribution in [0.25, 0.3) is 0 Å². The van der Waals surface area contributed by atoms with Crippen LogP contribution in [0.5, 0.6) is 0 Å². The molecule has 214 valence electrons. The summed E-state index contributed by atoms with van der Waals surface area (Å²) in [5.41, 5.74) is 5.01. The van der Waals surface area contributed by atoms with E-state index in [1.807, 2.05) is 13.8 Å². The van der Waals surface area contributed by atoms with Crippen LogP contribution in [0.3, 0.4) is 0 Å². The molecular formula is C32H63NO3. The second-order valence-corrected chi connectivity index (χ2v) is 11.2. The Kier molecular flexibility index (Phi) is 28.9. The number of hydrogen-bond donors (Lipinski definition) is 2. The van der Waals surface area contributed by atoms with Crippen LogP contribution in [0.1, 0.15) is 175 Å². The van der Waals surface area contributed by atoms with Gasteiger partial charge in [0.05, 0.1) is 0 Å². The highest BCUT2D eigenvalue weighted by Crippen LogP contribution is 2.23. The summed E-state index contributed by atoms with van der Waals surface area (Å²) in [6.45, 7) is 8.38. The van der Waals surface area contributed by atoms with Gasteiger partial charge in [0.25, 0.3) is 0 Å². The van der Waals surface area contributed by atoms with Gasteiger partial charge in [-0.1, -0.05) is 143 Å². The van der Waals surface area contributed by atoms with E-state index in [-0.39, 0.29) is 11.3 Å². The van der Waals surface area contributed by atoms with Gasteiger partial charge in [0.2, 0.25) is 5.91 Å². The Bertz CT molecular complexity index is 514. The summed E-state index contributed by atoms with van der Waals surface area (Å²) < 4.78 is 0. The maximum atomic E-state index is 11.1. The largest absolute Gasteiger partial charge is 0.481 e. The van der Waals surface area contributed by atoms with Crippen LogP contribution in [-0.2, 0) is 9.59 Å². The molecule has 0 rings (SSSR count). The van der Waals surface area contributed by atoms with Crippen molar-refractivity contribution in [2.24, 2.45) is 11.1 Å². The first-order valence-corrected chi connectivity index (χ1v) is 15.4. The van der Waals surface area contributed by atoms with E-state index in [2.05, 4.69) is 26.0 Å². The fourth-order valence-electron chi connectivity index (χ4n) is 4.17. The summed E-state index contributed by atoms with van der Waals surface area (Å²) in [7, 11) is 0. The lowest BCUT2D eigenvalue weighted by molar-refractivity contribution is -0.137. The molecule has 0 aliphatic rings. The number of nitrogens with two attached hydrogens (primary N) is 1. The van der Waals surface area contributed by atoms with E-state index in [1.165, 1.54) is 116 Å². The fraction of sp³-hybridized carbons (Fsp3) is 0.875. The van der Waals surface area contributed by atoms with Gasteiger partial charge in [0.1, 0.15) is 0 Å². The first kappa shape index (κ1) is 36.8. The number of unbranched alkanes of at least 4 members (excludes halogenated alkanes) is 18. The topological polar surface area (TPSA) is 80.4 Å². The lowest BCUT2D eigenvalue weighted by atomic mass is 9.86. The standard InChI is InChI=1S/C18H34O2.C14H29NO/c1-2-3-4-5-6-7-8-9-10-11-12-13-14-15-16-17-18(19)20;1-4-5-6-7-8-9-10-11-12-14(2,3)13(15)16/h9-10H,2-8,11-17H2,1H3,(H,19,20);4-12H2,1-3H3,(H2,15,16). The molecule has 0 fully saturated rings. The van der Waals surface area contributed by atoms with Crippen LogP contribution < -0.4 is 5.73 Å². The number of hydrogen-bond acceptors (Lipinski definition) is 2. The van der Waals surface area contributed by atoms with E-state index in [0.717, 1.165) is 25.7 Å². The van der Waals surface area contributed by atoms with Crippen molar-refractivity contribution in [2.45, 2.75) is 175 Å². The van der Waals surface area contributed by atoms with Crippen molar-refractivity contribution in [3.05, 3.63) is 12.2 Å². The SMILES string of the molecule is CCCCCCCCC=CCCCCCCCC(=O)O.CCCCCCCCCCC(C)(C)C(N)=O. The summed E-state index contributed by atoms with van der Waals surface area (Å²) in [5.74, 6) is -0.835. The number of carbonyl (C=O) groups is 2. The quantitative estimate of drug-likeness (QED) is 0.0948. The van der Waals surface area contributed by atoms with E-state index in [1.54, 1.807) is 0 Å². The molecule has 0 saturated carbocycles. The minimum Gasteiger partial charge on any atom is -0.481 e. The number of carboxylic acids is 1. The average molecular weight is 510 g/mol. The van der Waals surface area contributed by atoms with E-state index in [0.29, 0.717) is 6.42 Å². The first-order valence-electron chi connectivity index (χ1n) is 15.4. The first-order chi connectivity index (χ1) is 17.3. The Hall–Kier alpha value is -1.32. The Balaban J connectivity index is 0. The third-order valence-corrected chi connectivity index (χ3v) is 6.97. The van der Waals surface area contributed by atoms with Gasteiger partial charge >= 0.3 is 5.97 Å². The molecule has 0 atom stereocenters. The van der Waals surface area contributed by atoms with Gasteiger partial charge in [-0.05, 0) is 38.5 Å². The zero-order chi connectivity index (χ0) is 27.3. The number of rotatable bonds is 25. The number of amides is 1. The molecule has 0 heterocycles. The van der Waals surface area contributed by atoms with Crippen molar-refractivity contribution in [1.82, 2.24) is 0 Å². The fourth-order valence-corrected chi connectivity index (χ4v) is 4.17. The van der Waals surface area contributed by atoms with Crippen LogP contribution in [0.2, 0.25) is 0 Å². The van der Waals surface area contributed by atoms with E-state index < -0.39 is 5.97 Å². The van der Waals surface area contributed by atoms with Crippen LogP contribution in [0.4, 0.5) is 0 Å². The summed E-state index contributed by atoms with van der Waals surface area (Å²) >= 11 is 0. The molecule has 0 aromatic rings.